The van der Waals surface area contributed by atoms with Crippen molar-refractivity contribution in [3.8, 4) is 0 Å². The molecule has 0 spiro atoms. The number of alkyl halides is 9. The molecule has 0 amide bonds. The molecular formula is C6H6F9N3. The van der Waals surface area contributed by atoms with Crippen LogP contribution in [0.1, 0.15) is 0 Å². The fourth-order valence-electron chi connectivity index (χ4n) is 1.23. The summed E-state index contributed by atoms with van der Waals surface area (Å²) in [7, 11) is 0. The molecule has 1 saturated heterocycles. The van der Waals surface area contributed by atoms with Crippen LogP contribution in [0, 0.1) is 0 Å². The summed E-state index contributed by atoms with van der Waals surface area (Å²) in [6, 6.07) is 0. The van der Waals surface area contributed by atoms with Gasteiger partial charge in [-0.1, -0.05) is 0 Å². The minimum atomic E-state index is -5.28. The Bertz CT molecular complexity index is 239. The highest BCUT2D eigenvalue weighted by molar-refractivity contribution is 4.74. The number of hydrogen-bond acceptors (Lipinski definition) is 3. The number of rotatable bonds is 0. The van der Waals surface area contributed by atoms with Gasteiger partial charge in [-0.15, -0.1) is 0 Å². The Morgan fingerprint density at radius 1 is 0.444 bits per heavy atom. The van der Waals surface area contributed by atoms with Gasteiger partial charge in [0.15, 0.2) is 0 Å². The van der Waals surface area contributed by atoms with Crippen molar-refractivity contribution in [1.29, 1.82) is 0 Å². The lowest BCUT2D eigenvalue weighted by atomic mass is 10.5. The van der Waals surface area contributed by atoms with E-state index in [2.05, 4.69) is 0 Å². The summed E-state index contributed by atoms with van der Waals surface area (Å²) in [5.74, 6) is 0. The molecule has 1 aliphatic heterocycles. The van der Waals surface area contributed by atoms with Gasteiger partial charge in [0.25, 0.3) is 0 Å². The maximum absolute atomic E-state index is 12.2. The van der Waals surface area contributed by atoms with Crippen LogP contribution in [0.2, 0.25) is 0 Å². The molecule has 0 N–H and O–H groups in total. The van der Waals surface area contributed by atoms with E-state index in [1.807, 2.05) is 0 Å². The van der Waals surface area contributed by atoms with Crippen LogP contribution in [0.4, 0.5) is 39.5 Å². The molecule has 1 heterocycles. The van der Waals surface area contributed by atoms with Crippen molar-refractivity contribution in [3.05, 3.63) is 0 Å². The van der Waals surface area contributed by atoms with Crippen LogP contribution in [0.25, 0.3) is 0 Å². The molecule has 18 heavy (non-hydrogen) atoms. The first kappa shape index (κ1) is 15.3. The van der Waals surface area contributed by atoms with Gasteiger partial charge < -0.3 is 0 Å². The number of nitrogens with zero attached hydrogens (tertiary/aromatic N) is 3. The monoisotopic (exact) mass is 291 g/mol. The largest absolute Gasteiger partial charge is 0.462 e. The highest BCUT2D eigenvalue weighted by atomic mass is 19.4. The van der Waals surface area contributed by atoms with E-state index in [9.17, 15) is 39.5 Å². The topological polar surface area (TPSA) is 9.72 Å². The van der Waals surface area contributed by atoms with Gasteiger partial charge in [0.2, 0.25) is 0 Å². The van der Waals surface area contributed by atoms with Gasteiger partial charge >= 0.3 is 18.9 Å². The minimum absolute atomic E-state index is 0.877. The van der Waals surface area contributed by atoms with Gasteiger partial charge in [0.05, 0.1) is 20.0 Å². The van der Waals surface area contributed by atoms with E-state index in [0.717, 1.165) is 0 Å². The molecule has 1 rings (SSSR count). The summed E-state index contributed by atoms with van der Waals surface area (Å²) in [5, 5.41) is 0. The molecule has 0 atom stereocenters. The maximum Gasteiger partial charge on any atom is 0.462 e. The average molecular weight is 291 g/mol. The van der Waals surface area contributed by atoms with Crippen molar-refractivity contribution in [1.82, 2.24) is 14.7 Å². The first-order valence-electron chi connectivity index (χ1n) is 4.27. The van der Waals surface area contributed by atoms with E-state index in [1.54, 1.807) is 0 Å². The summed E-state index contributed by atoms with van der Waals surface area (Å²) < 4.78 is 110. The first-order chi connectivity index (χ1) is 7.82. The molecule has 1 aliphatic rings. The van der Waals surface area contributed by atoms with Crippen molar-refractivity contribution in [2.45, 2.75) is 18.9 Å². The van der Waals surface area contributed by atoms with Gasteiger partial charge in [-0.3, -0.25) is 0 Å². The summed E-state index contributed by atoms with van der Waals surface area (Å²) in [6.07, 6.45) is -15.9. The van der Waals surface area contributed by atoms with Crippen LogP contribution in [-0.2, 0) is 0 Å². The van der Waals surface area contributed by atoms with Crippen LogP contribution >= 0.6 is 0 Å². The van der Waals surface area contributed by atoms with E-state index < -0.39 is 53.6 Å². The minimum Gasteiger partial charge on any atom is -0.187 e. The number of halogens is 9. The second-order valence-electron chi connectivity index (χ2n) is 3.45. The fraction of sp³-hybridized carbons (Fsp3) is 1.00. The molecule has 0 aliphatic carbocycles. The second kappa shape index (κ2) is 4.42. The van der Waals surface area contributed by atoms with E-state index in [4.69, 9.17) is 0 Å². The summed E-state index contributed by atoms with van der Waals surface area (Å²) in [4.78, 5) is -2.63. The molecular weight excluding hydrogens is 285 g/mol. The second-order valence-corrected chi connectivity index (χ2v) is 3.45. The highest BCUT2D eigenvalue weighted by Gasteiger charge is 2.53. The Balaban J connectivity index is 2.93. The molecule has 0 unspecified atom stereocenters. The molecule has 12 heteroatoms. The average Bonchev–Trinajstić information content (AvgIpc) is 2.13. The van der Waals surface area contributed by atoms with Gasteiger partial charge in [0, 0.05) is 0 Å². The zero-order valence-corrected chi connectivity index (χ0v) is 8.36. The highest BCUT2D eigenvalue weighted by Crippen LogP contribution is 2.33. The Kier molecular flexibility index (Phi) is 3.76. The molecule has 1 fully saturated rings. The molecule has 0 aromatic carbocycles. The Morgan fingerprint density at radius 2 is 0.611 bits per heavy atom. The Hall–Kier alpha value is -0.750. The van der Waals surface area contributed by atoms with Gasteiger partial charge in [-0.05, 0) is 0 Å². The number of hydrogen-bond donors (Lipinski definition) is 0. The van der Waals surface area contributed by atoms with E-state index in [1.165, 1.54) is 0 Å². The van der Waals surface area contributed by atoms with Crippen LogP contribution < -0.4 is 0 Å². The lowest BCUT2D eigenvalue weighted by Crippen LogP contribution is -2.64. The van der Waals surface area contributed by atoms with Crippen LogP contribution in [0.3, 0.4) is 0 Å². The molecule has 0 saturated carbocycles. The van der Waals surface area contributed by atoms with Crippen molar-refractivity contribution in [3.63, 3.8) is 0 Å². The molecule has 0 aromatic heterocycles. The van der Waals surface area contributed by atoms with Crippen molar-refractivity contribution in [2.24, 2.45) is 0 Å². The van der Waals surface area contributed by atoms with Gasteiger partial charge in [-0.2, -0.15) is 54.2 Å². The van der Waals surface area contributed by atoms with E-state index >= 15 is 0 Å². The normalized spacial score (nSPS) is 22.5. The molecule has 0 bridgehead atoms. The molecule has 108 valence electrons. The van der Waals surface area contributed by atoms with Crippen LogP contribution in [0.15, 0.2) is 0 Å². The third kappa shape index (κ3) is 3.62. The summed E-state index contributed by atoms with van der Waals surface area (Å²) >= 11 is 0. The Labute approximate surface area is 94.3 Å². The summed E-state index contributed by atoms with van der Waals surface area (Å²) in [5.41, 5.74) is 0. The standard InChI is InChI=1S/C6H6F9N3/c7-4(8,9)16-1-17(5(10,11)12)3-18(2-16)6(13,14)15/h1-3H2. The van der Waals surface area contributed by atoms with Crippen molar-refractivity contribution in [2.75, 3.05) is 20.0 Å². The predicted octanol–water partition coefficient (Wildman–Crippen LogP) is 2.34. The fourth-order valence-corrected chi connectivity index (χ4v) is 1.23. The SMILES string of the molecule is FC(F)(F)N1CN(C(F)(F)F)CN(C(F)(F)F)C1. The summed E-state index contributed by atoms with van der Waals surface area (Å²) in [6.45, 7) is -5.08. The Morgan fingerprint density at radius 3 is 0.722 bits per heavy atom. The predicted molar refractivity (Wildman–Crippen MR) is 38.3 cm³/mol. The van der Waals surface area contributed by atoms with Crippen LogP contribution in [-0.4, -0.2) is 53.6 Å². The maximum atomic E-state index is 12.2. The quantitative estimate of drug-likeness (QED) is 0.501. The van der Waals surface area contributed by atoms with Gasteiger partial charge in [-0.25, -0.2) is 0 Å². The van der Waals surface area contributed by atoms with Crippen molar-refractivity contribution < 1.29 is 39.5 Å². The van der Waals surface area contributed by atoms with E-state index in [-0.39, 0.29) is 0 Å². The third-order valence-corrected chi connectivity index (χ3v) is 2.10. The smallest absolute Gasteiger partial charge is 0.187 e. The molecule has 3 nitrogen and oxygen atoms in total. The molecule has 0 radical (unpaired) electrons. The van der Waals surface area contributed by atoms with Gasteiger partial charge in [0.1, 0.15) is 0 Å². The zero-order chi connectivity index (χ0) is 14.4. The van der Waals surface area contributed by atoms with Crippen LogP contribution in [0.5, 0.6) is 0 Å². The first-order valence-corrected chi connectivity index (χ1v) is 4.27. The van der Waals surface area contributed by atoms with Crippen molar-refractivity contribution >= 4 is 0 Å². The molecule has 0 aromatic rings. The lowest BCUT2D eigenvalue weighted by Gasteiger charge is -2.43. The van der Waals surface area contributed by atoms with E-state index in [0.29, 0.717) is 0 Å². The zero-order valence-electron chi connectivity index (χ0n) is 8.36. The third-order valence-electron chi connectivity index (χ3n) is 2.10. The lowest BCUT2D eigenvalue weighted by molar-refractivity contribution is -0.369.